The Bertz CT molecular complexity index is 785. The first-order chi connectivity index (χ1) is 10.4. The molecule has 0 aliphatic heterocycles. The van der Waals surface area contributed by atoms with Crippen molar-refractivity contribution < 1.29 is 22.8 Å². The number of phenols is 1. The number of hydrogen-bond acceptors (Lipinski definition) is 6. The van der Waals surface area contributed by atoms with Gasteiger partial charge in [0.25, 0.3) is 10.1 Å². The second kappa shape index (κ2) is 6.46. The first kappa shape index (κ1) is 15.8. The van der Waals surface area contributed by atoms with Crippen LogP contribution in [0.3, 0.4) is 0 Å². The summed E-state index contributed by atoms with van der Waals surface area (Å²) in [5.41, 5.74) is 3.66. The van der Waals surface area contributed by atoms with Crippen LogP contribution in [-0.2, 0) is 10.1 Å². The highest BCUT2D eigenvalue weighted by Crippen LogP contribution is 2.28. The van der Waals surface area contributed by atoms with E-state index in [1.165, 1.54) is 37.6 Å². The maximum atomic E-state index is 10.9. The molecule has 2 rings (SSSR count). The Morgan fingerprint density at radius 1 is 1.18 bits per heavy atom. The lowest BCUT2D eigenvalue weighted by Crippen LogP contribution is -1.98. The number of hydrogen-bond donors (Lipinski definition) is 3. The molecule has 0 radical (unpaired) electrons. The number of hydrazone groups is 1. The lowest BCUT2D eigenvalue weighted by atomic mass is 10.2. The SMILES string of the molecule is COc1cccc(C=NNc2ccc(S(=O)(=O)O)cc2)c1O. The van der Waals surface area contributed by atoms with Crippen LogP contribution in [0.2, 0.25) is 0 Å². The largest absolute Gasteiger partial charge is 0.504 e. The molecule has 0 atom stereocenters. The van der Waals surface area contributed by atoms with Crippen LogP contribution in [-0.4, -0.2) is 31.4 Å². The zero-order valence-electron chi connectivity index (χ0n) is 11.6. The van der Waals surface area contributed by atoms with E-state index in [4.69, 9.17) is 9.29 Å². The molecule has 0 bridgehead atoms. The Balaban J connectivity index is 2.10. The minimum Gasteiger partial charge on any atom is -0.504 e. The Labute approximate surface area is 127 Å². The van der Waals surface area contributed by atoms with Gasteiger partial charge in [0.05, 0.1) is 23.9 Å². The van der Waals surface area contributed by atoms with E-state index in [2.05, 4.69) is 10.5 Å². The third-order valence-electron chi connectivity index (χ3n) is 2.80. The van der Waals surface area contributed by atoms with Gasteiger partial charge in [-0.25, -0.2) is 0 Å². The Hall–Kier alpha value is -2.58. The van der Waals surface area contributed by atoms with Gasteiger partial charge in [0, 0.05) is 5.56 Å². The fraction of sp³-hybridized carbons (Fsp3) is 0.0714. The zero-order valence-corrected chi connectivity index (χ0v) is 12.4. The Morgan fingerprint density at radius 3 is 2.45 bits per heavy atom. The van der Waals surface area contributed by atoms with E-state index in [9.17, 15) is 13.5 Å². The van der Waals surface area contributed by atoms with Crippen molar-refractivity contribution in [2.24, 2.45) is 5.10 Å². The molecule has 0 aliphatic rings. The minimum atomic E-state index is -4.21. The van der Waals surface area contributed by atoms with Crippen LogP contribution in [0.1, 0.15) is 5.56 Å². The fourth-order valence-electron chi connectivity index (χ4n) is 1.69. The van der Waals surface area contributed by atoms with Gasteiger partial charge in [-0.2, -0.15) is 13.5 Å². The van der Waals surface area contributed by atoms with E-state index >= 15 is 0 Å². The van der Waals surface area contributed by atoms with Crippen LogP contribution in [0.5, 0.6) is 11.5 Å². The van der Waals surface area contributed by atoms with E-state index in [-0.39, 0.29) is 10.6 Å². The van der Waals surface area contributed by atoms with Gasteiger partial charge in [-0.15, -0.1) is 0 Å². The van der Waals surface area contributed by atoms with Gasteiger partial charge < -0.3 is 9.84 Å². The number of nitrogens with one attached hydrogen (secondary N) is 1. The van der Waals surface area contributed by atoms with Gasteiger partial charge in [0.1, 0.15) is 0 Å². The van der Waals surface area contributed by atoms with Crippen LogP contribution in [0.4, 0.5) is 5.69 Å². The average molecular weight is 322 g/mol. The molecule has 0 heterocycles. The van der Waals surface area contributed by atoms with Crippen LogP contribution < -0.4 is 10.2 Å². The summed E-state index contributed by atoms with van der Waals surface area (Å²) >= 11 is 0. The lowest BCUT2D eigenvalue weighted by Gasteiger charge is -2.05. The molecule has 3 N–H and O–H groups in total. The number of aromatic hydroxyl groups is 1. The summed E-state index contributed by atoms with van der Waals surface area (Å²) in [4.78, 5) is -0.201. The number of ether oxygens (including phenoxy) is 1. The maximum absolute atomic E-state index is 10.9. The van der Waals surface area contributed by atoms with E-state index in [0.29, 0.717) is 17.0 Å². The van der Waals surface area contributed by atoms with Crippen LogP contribution >= 0.6 is 0 Å². The second-order valence-electron chi connectivity index (χ2n) is 4.27. The van der Waals surface area contributed by atoms with Gasteiger partial charge >= 0.3 is 0 Å². The number of anilines is 1. The molecule has 0 spiro atoms. The van der Waals surface area contributed by atoms with Gasteiger partial charge in [-0.05, 0) is 36.4 Å². The molecular weight excluding hydrogens is 308 g/mol. The van der Waals surface area contributed by atoms with Crippen LogP contribution in [0.15, 0.2) is 52.5 Å². The van der Waals surface area contributed by atoms with Crippen molar-refractivity contribution >= 4 is 22.0 Å². The van der Waals surface area contributed by atoms with Crippen molar-refractivity contribution in [1.82, 2.24) is 0 Å². The molecule has 2 aromatic rings. The highest BCUT2D eigenvalue weighted by Gasteiger charge is 2.08. The van der Waals surface area contributed by atoms with E-state index in [1.807, 2.05) is 0 Å². The topological polar surface area (TPSA) is 108 Å². The van der Waals surface area contributed by atoms with Crippen LogP contribution in [0.25, 0.3) is 0 Å². The molecule has 0 unspecified atom stereocenters. The number of rotatable bonds is 5. The normalized spacial score (nSPS) is 11.5. The van der Waals surface area contributed by atoms with Gasteiger partial charge in [-0.3, -0.25) is 9.98 Å². The average Bonchev–Trinajstić information content (AvgIpc) is 2.48. The number of methoxy groups -OCH3 is 1. The van der Waals surface area contributed by atoms with Crippen molar-refractivity contribution in [3.05, 3.63) is 48.0 Å². The molecule has 0 aliphatic carbocycles. The summed E-state index contributed by atoms with van der Waals surface area (Å²) in [6.45, 7) is 0. The molecule has 0 saturated carbocycles. The molecule has 116 valence electrons. The monoisotopic (exact) mass is 322 g/mol. The Kier molecular flexibility index (Phi) is 4.64. The summed E-state index contributed by atoms with van der Waals surface area (Å²) in [5.74, 6) is 0.304. The van der Waals surface area contributed by atoms with Crippen molar-refractivity contribution in [1.29, 1.82) is 0 Å². The predicted octanol–water partition coefficient (Wildman–Crippen LogP) is 2.09. The summed E-state index contributed by atoms with van der Waals surface area (Å²) in [5, 5.41) is 13.8. The summed E-state index contributed by atoms with van der Waals surface area (Å²) in [6, 6.07) is 10.4. The number of nitrogens with zero attached hydrogens (tertiary/aromatic N) is 1. The van der Waals surface area contributed by atoms with Gasteiger partial charge in [0.2, 0.25) is 0 Å². The Morgan fingerprint density at radius 2 is 1.86 bits per heavy atom. The van der Waals surface area contributed by atoms with Crippen molar-refractivity contribution in [3.8, 4) is 11.5 Å². The first-order valence-corrected chi connectivity index (χ1v) is 7.58. The fourth-order valence-corrected chi connectivity index (χ4v) is 2.17. The molecule has 0 aromatic heterocycles. The van der Waals surface area contributed by atoms with E-state index < -0.39 is 10.1 Å². The highest BCUT2D eigenvalue weighted by molar-refractivity contribution is 7.85. The number of phenolic OH excluding ortho intramolecular Hbond substituents is 1. The predicted molar refractivity (Wildman–Crippen MR) is 82.1 cm³/mol. The molecule has 7 nitrogen and oxygen atoms in total. The zero-order chi connectivity index (χ0) is 16.2. The summed E-state index contributed by atoms with van der Waals surface area (Å²) < 4.78 is 35.7. The molecular formula is C14H14N2O5S. The van der Waals surface area contributed by atoms with E-state index in [0.717, 1.165) is 0 Å². The first-order valence-electron chi connectivity index (χ1n) is 6.14. The number of benzene rings is 2. The summed E-state index contributed by atoms with van der Waals surface area (Å²) in [6.07, 6.45) is 1.40. The van der Waals surface area contributed by atoms with Crippen molar-refractivity contribution in [3.63, 3.8) is 0 Å². The highest BCUT2D eigenvalue weighted by atomic mass is 32.2. The number of para-hydroxylation sites is 1. The standard InChI is InChI=1S/C14H14N2O5S/c1-21-13-4-2-3-10(14(13)17)9-15-16-11-5-7-12(8-6-11)22(18,19)20/h2-9,16-17H,1H3,(H,18,19,20). The second-order valence-corrected chi connectivity index (χ2v) is 5.69. The van der Waals surface area contributed by atoms with E-state index in [1.54, 1.807) is 18.2 Å². The third kappa shape index (κ3) is 3.74. The summed E-state index contributed by atoms with van der Waals surface area (Å²) in [7, 11) is -2.76. The lowest BCUT2D eigenvalue weighted by molar-refractivity contribution is 0.373. The van der Waals surface area contributed by atoms with Gasteiger partial charge in [0.15, 0.2) is 11.5 Å². The smallest absolute Gasteiger partial charge is 0.294 e. The molecule has 8 heteroatoms. The molecule has 0 saturated heterocycles. The molecule has 22 heavy (non-hydrogen) atoms. The molecule has 2 aromatic carbocycles. The maximum Gasteiger partial charge on any atom is 0.294 e. The van der Waals surface area contributed by atoms with Gasteiger partial charge in [-0.1, -0.05) is 6.07 Å². The van der Waals surface area contributed by atoms with Crippen molar-refractivity contribution in [2.45, 2.75) is 4.90 Å². The van der Waals surface area contributed by atoms with Crippen LogP contribution in [0, 0.1) is 0 Å². The van der Waals surface area contributed by atoms with Crippen molar-refractivity contribution in [2.75, 3.05) is 12.5 Å². The quantitative estimate of drug-likeness (QED) is 0.442. The minimum absolute atomic E-state index is 0.0303. The molecule has 0 fully saturated rings. The third-order valence-corrected chi connectivity index (χ3v) is 3.67. The molecule has 0 amide bonds.